The summed E-state index contributed by atoms with van der Waals surface area (Å²) in [6, 6.07) is 7.59. The van der Waals surface area contributed by atoms with E-state index >= 15 is 0 Å². The van der Waals surface area contributed by atoms with E-state index in [2.05, 4.69) is 25.6 Å². The summed E-state index contributed by atoms with van der Waals surface area (Å²) in [5.74, 6) is -0.950. The monoisotopic (exact) mass is 328 g/mol. The number of carbonyl (C=O) groups excluding carboxylic acids is 1. The molecule has 0 bridgehead atoms. The van der Waals surface area contributed by atoms with Gasteiger partial charge < -0.3 is 10.4 Å². The van der Waals surface area contributed by atoms with Gasteiger partial charge in [-0.3, -0.25) is 14.9 Å². The summed E-state index contributed by atoms with van der Waals surface area (Å²) in [4.78, 5) is 27.8. The Bertz CT molecular complexity index is 759. The number of para-hydroxylation sites is 1. The van der Waals surface area contributed by atoms with Crippen molar-refractivity contribution < 1.29 is 14.7 Å². The summed E-state index contributed by atoms with van der Waals surface area (Å²) >= 11 is 0. The first-order chi connectivity index (χ1) is 11.6. The molecular weight excluding hydrogens is 312 g/mol. The van der Waals surface area contributed by atoms with Gasteiger partial charge in [0.1, 0.15) is 17.9 Å². The van der Waals surface area contributed by atoms with Crippen LogP contribution in [0.15, 0.2) is 41.8 Å². The first-order valence-electron chi connectivity index (χ1n) is 7.37. The van der Waals surface area contributed by atoms with E-state index in [0.29, 0.717) is 11.5 Å². The number of nitrogens with one attached hydrogen (secondary N) is 2. The van der Waals surface area contributed by atoms with Crippen LogP contribution in [0.4, 0.5) is 5.69 Å². The molecule has 1 aromatic carbocycles. The third-order valence-corrected chi connectivity index (χ3v) is 3.67. The largest absolute Gasteiger partial charge is 0.480 e. The third-order valence-electron chi connectivity index (χ3n) is 3.67. The second-order valence-electron chi connectivity index (χ2n) is 5.35. The normalized spacial score (nSPS) is 18.1. The van der Waals surface area contributed by atoms with Crippen LogP contribution in [0.1, 0.15) is 25.2 Å². The molecule has 1 amide bonds. The van der Waals surface area contributed by atoms with Crippen molar-refractivity contribution in [3.05, 3.63) is 42.5 Å². The number of hydrazone groups is 1. The molecule has 0 spiro atoms. The molecule has 2 atom stereocenters. The van der Waals surface area contributed by atoms with Crippen LogP contribution in [0.25, 0.3) is 0 Å². The van der Waals surface area contributed by atoms with Crippen molar-refractivity contribution in [1.29, 1.82) is 0 Å². The number of aliphatic carboxylic acids is 1. The van der Waals surface area contributed by atoms with Gasteiger partial charge in [-0.05, 0) is 19.1 Å². The highest BCUT2D eigenvalue weighted by Gasteiger charge is 2.36. The maximum Gasteiger partial charge on any atom is 0.328 e. The molecule has 1 aromatic heterocycles. The van der Waals surface area contributed by atoms with Gasteiger partial charge >= 0.3 is 5.97 Å². The van der Waals surface area contributed by atoms with Crippen molar-refractivity contribution in [3.63, 3.8) is 0 Å². The fourth-order valence-electron chi connectivity index (χ4n) is 2.43. The van der Waals surface area contributed by atoms with Gasteiger partial charge in [0, 0.05) is 6.42 Å². The van der Waals surface area contributed by atoms with Crippen LogP contribution in [-0.2, 0) is 9.59 Å². The Hall–Kier alpha value is -3.23. The van der Waals surface area contributed by atoms with Gasteiger partial charge in [-0.1, -0.05) is 18.2 Å². The second kappa shape index (κ2) is 6.49. The SMILES string of the molecule is CC(NC(=O)C1=NN(c2ccccc2)C(C(=O)O)C1)c1ncn[nH]1. The molecule has 2 unspecified atom stereocenters. The standard InChI is InChI=1S/C15H16N6O3/c1-9(13-16-8-17-19-13)18-14(22)11-7-12(15(23)24)21(20-11)10-5-3-2-4-6-10/h2-6,8-9,12H,7H2,1H3,(H,18,22)(H,23,24)(H,16,17,19). The minimum absolute atomic E-state index is 0.0270. The van der Waals surface area contributed by atoms with Gasteiger partial charge in [-0.25, -0.2) is 9.78 Å². The van der Waals surface area contributed by atoms with E-state index in [-0.39, 0.29) is 12.1 Å². The maximum absolute atomic E-state index is 12.4. The second-order valence-corrected chi connectivity index (χ2v) is 5.35. The quantitative estimate of drug-likeness (QED) is 0.742. The minimum atomic E-state index is -1.03. The molecule has 124 valence electrons. The Kier molecular flexibility index (Phi) is 4.23. The molecular formula is C15H16N6O3. The summed E-state index contributed by atoms with van der Waals surface area (Å²) in [7, 11) is 0. The number of aromatic amines is 1. The number of benzene rings is 1. The average Bonchev–Trinajstić information content (AvgIpc) is 3.25. The van der Waals surface area contributed by atoms with Gasteiger partial charge in [0.15, 0.2) is 6.04 Å². The highest BCUT2D eigenvalue weighted by Crippen LogP contribution is 2.24. The summed E-state index contributed by atoms with van der Waals surface area (Å²) in [6.45, 7) is 1.75. The summed E-state index contributed by atoms with van der Waals surface area (Å²) in [5.41, 5.74) is 0.786. The van der Waals surface area contributed by atoms with Crippen molar-refractivity contribution >= 4 is 23.3 Å². The fourth-order valence-corrected chi connectivity index (χ4v) is 2.43. The Morgan fingerprint density at radius 2 is 2.12 bits per heavy atom. The molecule has 24 heavy (non-hydrogen) atoms. The van der Waals surface area contributed by atoms with Crippen LogP contribution in [0.2, 0.25) is 0 Å². The highest BCUT2D eigenvalue weighted by atomic mass is 16.4. The number of amides is 1. The number of anilines is 1. The lowest BCUT2D eigenvalue weighted by Gasteiger charge is -2.19. The molecule has 0 aliphatic carbocycles. The number of carboxylic acids is 1. The molecule has 2 aromatic rings. The van der Waals surface area contributed by atoms with E-state index in [1.807, 2.05) is 6.07 Å². The first kappa shape index (κ1) is 15.7. The lowest BCUT2D eigenvalue weighted by atomic mass is 10.1. The number of carboxylic acid groups (broad SMARTS) is 1. The van der Waals surface area contributed by atoms with Crippen LogP contribution in [0.3, 0.4) is 0 Å². The fraction of sp³-hybridized carbons (Fsp3) is 0.267. The number of hydrogen-bond donors (Lipinski definition) is 3. The van der Waals surface area contributed by atoms with Crippen LogP contribution in [-0.4, -0.2) is 43.9 Å². The van der Waals surface area contributed by atoms with E-state index in [1.165, 1.54) is 11.3 Å². The Labute approximate surface area is 137 Å². The van der Waals surface area contributed by atoms with Gasteiger partial charge in [0.2, 0.25) is 0 Å². The Morgan fingerprint density at radius 3 is 2.75 bits per heavy atom. The van der Waals surface area contributed by atoms with Crippen LogP contribution >= 0.6 is 0 Å². The lowest BCUT2D eigenvalue weighted by Crippen LogP contribution is -2.36. The van der Waals surface area contributed by atoms with Gasteiger partial charge in [0.05, 0.1) is 11.7 Å². The van der Waals surface area contributed by atoms with E-state index in [4.69, 9.17) is 0 Å². The molecule has 1 aliphatic heterocycles. The number of aromatic nitrogens is 3. The summed E-state index contributed by atoms with van der Waals surface area (Å²) in [5, 5.41) is 24.1. The molecule has 9 heteroatoms. The van der Waals surface area contributed by atoms with E-state index in [0.717, 1.165) is 0 Å². The molecule has 3 rings (SSSR count). The first-order valence-corrected chi connectivity index (χ1v) is 7.37. The summed E-state index contributed by atoms with van der Waals surface area (Å²) < 4.78 is 0. The third kappa shape index (κ3) is 3.09. The van der Waals surface area contributed by atoms with Crippen molar-refractivity contribution in [3.8, 4) is 0 Å². The number of carbonyl (C=O) groups is 2. The van der Waals surface area contributed by atoms with Gasteiger partial charge in [-0.2, -0.15) is 10.2 Å². The summed E-state index contributed by atoms with van der Waals surface area (Å²) in [6.07, 6.45) is 1.38. The number of nitrogens with zero attached hydrogens (tertiary/aromatic N) is 4. The lowest BCUT2D eigenvalue weighted by molar-refractivity contribution is -0.138. The van der Waals surface area contributed by atoms with Crippen molar-refractivity contribution in [2.75, 3.05) is 5.01 Å². The van der Waals surface area contributed by atoms with Gasteiger partial charge in [-0.15, -0.1) is 0 Å². The maximum atomic E-state index is 12.4. The predicted molar refractivity (Wildman–Crippen MR) is 85.3 cm³/mol. The zero-order valence-electron chi connectivity index (χ0n) is 12.9. The number of H-pyrrole nitrogens is 1. The molecule has 0 radical (unpaired) electrons. The molecule has 0 saturated heterocycles. The minimum Gasteiger partial charge on any atom is -0.480 e. The predicted octanol–water partition coefficient (Wildman–Crippen LogP) is 0.701. The van der Waals surface area contributed by atoms with Crippen LogP contribution in [0.5, 0.6) is 0 Å². The topological polar surface area (TPSA) is 124 Å². The van der Waals surface area contributed by atoms with Gasteiger partial charge in [0.25, 0.3) is 5.91 Å². The van der Waals surface area contributed by atoms with Crippen LogP contribution in [0, 0.1) is 0 Å². The number of rotatable bonds is 5. The zero-order valence-corrected chi connectivity index (χ0v) is 12.9. The van der Waals surface area contributed by atoms with Crippen LogP contribution < -0.4 is 10.3 Å². The average molecular weight is 328 g/mol. The molecule has 3 N–H and O–H groups in total. The molecule has 0 fully saturated rings. The van der Waals surface area contributed by atoms with Crippen molar-refractivity contribution in [2.24, 2.45) is 5.10 Å². The number of hydrogen-bond acceptors (Lipinski definition) is 6. The smallest absolute Gasteiger partial charge is 0.328 e. The molecule has 1 aliphatic rings. The van der Waals surface area contributed by atoms with Crippen molar-refractivity contribution in [2.45, 2.75) is 25.4 Å². The molecule has 2 heterocycles. The van der Waals surface area contributed by atoms with E-state index in [9.17, 15) is 14.7 Å². The van der Waals surface area contributed by atoms with E-state index in [1.54, 1.807) is 31.2 Å². The highest BCUT2D eigenvalue weighted by molar-refractivity contribution is 6.40. The Morgan fingerprint density at radius 1 is 1.38 bits per heavy atom. The van der Waals surface area contributed by atoms with E-state index < -0.39 is 24.0 Å². The zero-order chi connectivity index (χ0) is 17.1. The Balaban J connectivity index is 1.78. The molecule has 9 nitrogen and oxygen atoms in total. The van der Waals surface area contributed by atoms with Crippen molar-refractivity contribution in [1.82, 2.24) is 20.5 Å². The molecule has 0 saturated carbocycles.